The molecule has 0 aliphatic heterocycles. The van der Waals surface area contributed by atoms with Gasteiger partial charge in [-0.3, -0.25) is 9.52 Å². The van der Waals surface area contributed by atoms with E-state index >= 15 is 0 Å². The first-order valence-corrected chi connectivity index (χ1v) is 10.9. The number of benzene rings is 2. The van der Waals surface area contributed by atoms with Crippen LogP contribution in [0.15, 0.2) is 70.3 Å². The van der Waals surface area contributed by atoms with Gasteiger partial charge in [-0.25, -0.2) is 8.42 Å². The maximum atomic E-state index is 12.5. The fourth-order valence-corrected chi connectivity index (χ4v) is 4.74. The lowest BCUT2D eigenvalue weighted by Gasteiger charge is -2.17. The molecule has 1 unspecified atom stereocenters. The molecule has 2 aromatic carbocycles. The van der Waals surface area contributed by atoms with Gasteiger partial charge in [0.1, 0.15) is 9.96 Å². The molecular formula is C20H20N2O4S2. The minimum atomic E-state index is -3.61. The third kappa shape index (κ3) is 4.52. The van der Waals surface area contributed by atoms with Crippen molar-refractivity contribution in [3.8, 4) is 5.75 Å². The van der Waals surface area contributed by atoms with Crippen LogP contribution >= 0.6 is 11.3 Å². The number of methoxy groups -OCH3 is 1. The molecule has 0 aliphatic rings. The van der Waals surface area contributed by atoms with Crippen molar-refractivity contribution in [1.29, 1.82) is 0 Å². The molecule has 1 aromatic heterocycles. The fraction of sp³-hybridized carbons (Fsp3) is 0.150. The molecule has 1 amide bonds. The molecule has 0 saturated carbocycles. The molecule has 0 aliphatic carbocycles. The Balaban J connectivity index is 1.68. The molecule has 146 valence electrons. The van der Waals surface area contributed by atoms with Crippen LogP contribution in [0.3, 0.4) is 0 Å². The van der Waals surface area contributed by atoms with Crippen molar-refractivity contribution in [2.45, 2.75) is 17.2 Å². The topological polar surface area (TPSA) is 84.5 Å². The quantitative estimate of drug-likeness (QED) is 0.609. The molecule has 8 heteroatoms. The number of hydrogen-bond donors (Lipinski definition) is 2. The Labute approximate surface area is 168 Å². The molecule has 0 spiro atoms. The summed E-state index contributed by atoms with van der Waals surface area (Å²) < 4.78 is 32.6. The van der Waals surface area contributed by atoms with Crippen molar-refractivity contribution >= 4 is 33.0 Å². The summed E-state index contributed by atoms with van der Waals surface area (Å²) in [5.41, 5.74) is 1.70. The predicted octanol–water partition coefficient (Wildman–Crippen LogP) is 4.05. The van der Waals surface area contributed by atoms with E-state index in [1.807, 2.05) is 31.2 Å². The second-order valence-corrected chi connectivity index (χ2v) is 8.91. The molecule has 3 rings (SSSR count). The summed E-state index contributed by atoms with van der Waals surface area (Å²) in [6, 6.07) is 16.7. The molecule has 3 aromatic rings. The number of carbonyl (C=O) groups is 1. The molecule has 28 heavy (non-hydrogen) atoms. The number of para-hydroxylation sites is 1. The van der Waals surface area contributed by atoms with Crippen molar-refractivity contribution < 1.29 is 17.9 Å². The smallest absolute Gasteiger partial charge is 0.271 e. The highest BCUT2D eigenvalue weighted by Crippen LogP contribution is 2.25. The van der Waals surface area contributed by atoms with E-state index in [1.165, 1.54) is 6.07 Å². The standard InChI is InChI=1S/C20H20N2O4S2/c1-14(17-6-3-4-7-18(17)26-2)21-20(23)15-9-11-16(12-10-15)22-28(24,25)19-8-5-13-27-19/h3-14,22H,1-2H3,(H,21,23). The van der Waals surface area contributed by atoms with E-state index in [2.05, 4.69) is 10.0 Å². The van der Waals surface area contributed by atoms with Crippen molar-refractivity contribution in [2.75, 3.05) is 11.8 Å². The molecular weight excluding hydrogens is 396 g/mol. The van der Waals surface area contributed by atoms with Gasteiger partial charge < -0.3 is 10.1 Å². The Kier molecular flexibility index (Phi) is 6.01. The number of hydrogen-bond acceptors (Lipinski definition) is 5. The molecule has 6 nitrogen and oxygen atoms in total. The van der Waals surface area contributed by atoms with Crippen LogP contribution in [-0.2, 0) is 10.0 Å². The van der Waals surface area contributed by atoms with Crippen LogP contribution in [0.4, 0.5) is 5.69 Å². The van der Waals surface area contributed by atoms with Gasteiger partial charge in [-0.05, 0) is 48.7 Å². The number of anilines is 1. The van der Waals surface area contributed by atoms with E-state index in [0.717, 1.165) is 16.9 Å². The number of thiophene rings is 1. The first-order chi connectivity index (χ1) is 13.4. The number of rotatable bonds is 7. The zero-order chi connectivity index (χ0) is 20.1. The number of sulfonamides is 1. The van der Waals surface area contributed by atoms with Crippen molar-refractivity contribution in [3.63, 3.8) is 0 Å². The Morgan fingerprint density at radius 1 is 1.04 bits per heavy atom. The van der Waals surface area contributed by atoms with Gasteiger partial charge in [0.05, 0.1) is 13.2 Å². The van der Waals surface area contributed by atoms with Crippen LogP contribution in [0.25, 0.3) is 0 Å². The summed E-state index contributed by atoms with van der Waals surface area (Å²) in [6.07, 6.45) is 0. The zero-order valence-corrected chi connectivity index (χ0v) is 17.0. The number of amides is 1. The normalized spacial score (nSPS) is 12.2. The highest BCUT2D eigenvalue weighted by Gasteiger charge is 2.17. The monoisotopic (exact) mass is 416 g/mol. The SMILES string of the molecule is COc1ccccc1C(C)NC(=O)c1ccc(NS(=O)(=O)c2cccs2)cc1. The summed E-state index contributed by atoms with van der Waals surface area (Å²) in [5.74, 6) is 0.444. The van der Waals surface area contributed by atoms with Crippen molar-refractivity contribution in [2.24, 2.45) is 0 Å². The average Bonchev–Trinajstić information content (AvgIpc) is 3.24. The van der Waals surface area contributed by atoms with Crippen LogP contribution in [0.5, 0.6) is 5.75 Å². The summed E-state index contributed by atoms with van der Waals surface area (Å²) in [4.78, 5) is 12.5. The average molecular weight is 417 g/mol. The maximum Gasteiger partial charge on any atom is 0.271 e. The van der Waals surface area contributed by atoms with E-state index < -0.39 is 10.0 Å². The van der Waals surface area contributed by atoms with Gasteiger partial charge in [0, 0.05) is 16.8 Å². The van der Waals surface area contributed by atoms with Crippen LogP contribution in [0.2, 0.25) is 0 Å². The lowest BCUT2D eigenvalue weighted by Crippen LogP contribution is -2.26. The second-order valence-electron chi connectivity index (χ2n) is 6.05. The van der Waals surface area contributed by atoms with E-state index in [4.69, 9.17) is 4.74 Å². The summed E-state index contributed by atoms with van der Waals surface area (Å²) >= 11 is 1.14. The number of carbonyl (C=O) groups excluding carboxylic acids is 1. The lowest BCUT2D eigenvalue weighted by atomic mass is 10.1. The molecule has 0 saturated heterocycles. The van der Waals surface area contributed by atoms with Crippen LogP contribution in [-0.4, -0.2) is 21.4 Å². The summed E-state index contributed by atoms with van der Waals surface area (Å²) in [5, 5.41) is 4.62. The third-order valence-electron chi connectivity index (χ3n) is 4.11. The summed E-state index contributed by atoms with van der Waals surface area (Å²) in [6.45, 7) is 1.87. The molecule has 1 atom stereocenters. The second kappa shape index (κ2) is 8.45. The number of ether oxygens (including phenoxy) is 1. The Hall–Kier alpha value is -2.84. The van der Waals surface area contributed by atoms with Crippen molar-refractivity contribution in [1.82, 2.24) is 5.32 Å². The Bertz CT molecular complexity index is 1050. The Morgan fingerprint density at radius 2 is 1.75 bits per heavy atom. The molecule has 0 radical (unpaired) electrons. The molecule has 0 fully saturated rings. The van der Waals surface area contributed by atoms with E-state index in [1.54, 1.807) is 42.8 Å². The van der Waals surface area contributed by atoms with Gasteiger partial charge >= 0.3 is 0 Å². The van der Waals surface area contributed by atoms with Gasteiger partial charge in [-0.2, -0.15) is 0 Å². The highest BCUT2D eigenvalue weighted by molar-refractivity contribution is 7.94. The van der Waals surface area contributed by atoms with Gasteiger partial charge in [0.2, 0.25) is 0 Å². The first-order valence-electron chi connectivity index (χ1n) is 8.51. The summed E-state index contributed by atoms with van der Waals surface area (Å²) in [7, 11) is -2.03. The number of nitrogens with one attached hydrogen (secondary N) is 2. The fourth-order valence-electron chi connectivity index (χ4n) is 2.69. The van der Waals surface area contributed by atoms with Crippen LogP contribution in [0, 0.1) is 0 Å². The molecule has 1 heterocycles. The minimum Gasteiger partial charge on any atom is -0.496 e. The highest BCUT2D eigenvalue weighted by atomic mass is 32.2. The van der Waals surface area contributed by atoms with Gasteiger partial charge in [-0.15, -0.1) is 11.3 Å². The van der Waals surface area contributed by atoms with Gasteiger partial charge in [0.15, 0.2) is 0 Å². The van der Waals surface area contributed by atoms with Crippen LogP contribution < -0.4 is 14.8 Å². The van der Waals surface area contributed by atoms with Crippen molar-refractivity contribution in [3.05, 3.63) is 77.2 Å². The van der Waals surface area contributed by atoms with Gasteiger partial charge in [-0.1, -0.05) is 24.3 Å². The van der Waals surface area contributed by atoms with E-state index in [0.29, 0.717) is 17.0 Å². The first kappa shape index (κ1) is 19.9. The van der Waals surface area contributed by atoms with E-state index in [9.17, 15) is 13.2 Å². The minimum absolute atomic E-state index is 0.236. The molecule has 2 N–H and O–H groups in total. The van der Waals surface area contributed by atoms with E-state index in [-0.39, 0.29) is 16.2 Å². The predicted molar refractivity (Wildman–Crippen MR) is 110 cm³/mol. The van der Waals surface area contributed by atoms with Gasteiger partial charge in [0.25, 0.3) is 15.9 Å². The molecule has 0 bridgehead atoms. The van der Waals surface area contributed by atoms with Crippen LogP contribution in [0.1, 0.15) is 28.9 Å². The zero-order valence-electron chi connectivity index (χ0n) is 15.4. The third-order valence-corrected chi connectivity index (χ3v) is 6.89. The maximum absolute atomic E-state index is 12.5. The lowest BCUT2D eigenvalue weighted by molar-refractivity contribution is 0.0939. The Morgan fingerprint density at radius 3 is 2.39 bits per heavy atom. The largest absolute Gasteiger partial charge is 0.496 e.